The van der Waals surface area contributed by atoms with Crippen molar-refractivity contribution in [1.82, 2.24) is 15.1 Å². The lowest BCUT2D eigenvalue weighted by Gasteiger charge is -2.16. The second-order valence-electron chi connectivity index (χ2n) is 7.29. The van der Waals surface area contributed by atoms with Crippen LogP contribution < -0.4 is 10.2 Å². The average molecular weight is 388 g/mol. The molecule has 6 heteroatoms. The SMILES string of the molecule is Cn1ncc(C(=O)NCc2cccc(N3CCCC3=O)c2)c1Cc1ccccc1. The number of benzene rings is 2. The predicted octanol–water partition coefficient (Wildman–Crippen LogP) is 3.07. The van der Waals surface area contributed by atoms with Crippen LogP contribution in [0.25, 0.3) is 0 Å². The first-order chi connectivity index (χ1) is 14.1. The van der Waals surface area contributed by atoms with Crippen molar-refractivity contribution in [2.75, 3.05) is 11.4 Å². The van der Waals surface area contributed by atoms with Gasteiger partial charge in [0.1, 0.15) is 0 Å². The highest BCUT2D eigenvalue weighted by Crippen LogP contribution is 2.22. The number of hydrogen-bond acceptors (Lipinski definition) is 3. The van der Waals surface area contributed by atoms with Crippen LogP contribution in [0.1, 0.15) is 40.0 Å². The molecular weight excluding hydrogens is 364 g/mol. The molecule has 2 aromatic carbocycles. The highest BCUT2D eigenvalue weighted by Gasteiger charge is 2.22. The first-order valence-electron chi connectivity index (χ1n) is 9.84. The zero-order chi connectivity index (χ0) is 20.2. The molecule has 0 radical (unpaired) electrons. The van der Waals surface area contributed by atoms with Gasteiger partial charge in [0.25, 0.3) is 5.91 Å². The Labute approximate surface area is 170 Å². The summed E-state index contributed by atoms with van der Waals surface area (Å²) in [5, 5.41) is 7.26. The first-order valence-corrected chi connectivity index (χ1v) is 9.84. The average Bonchev–Trinajstić information content (AvgIpc) is 3.33. The summed E-state index contributed by atoms with van der Waals surface area (Å²) < 4.78 is 1.75. The Morgan fingerprint density at radius 3 is 2.66 bits per heavy atom. The summed E-state index contributed by atoms with van der Waals surface area (Å²) in [6, 6.07) is 17.8. The number of carbonyl (C=O) groups excluding carboxylic acids is 2. The van der Waals surface area contributed by atoms with Crippen LogP contribution in [0.15, 0.2) is 60.8 Å². The van der Waals surface area contributed by atoms with Crippen molar-refractivity contribution in [1.29, 1.82) is 0 Å². The minimum atomic E-state index is -0.147. The van der Waals surface area contributed by atoms with Gasteiger partial charge >= 0.3 is 0 Å². The van der Waals surface area contributed by atoms with Crippen LogP contribution in [0.2, 0.25) is 0 Å². The lowest BCUT2D eigenvalue weighted by molar-refractivity contribution is -0.117. The third kappa shape index (κ3) is 4.21. The highest BCUT2D eigenvalue weighted by atomic mass is 16.2. The van der Waals surface area contributed by atoms with Gasteiger partial charge in [0, 0.05) is 38.7 Å². The number of nitrogens with one attached hydrogen (secondary N) is 1. The number of rotatable bonds is 6. The van der Waals surface area contributed by atoms with Gasteiger partial charge in [0.05, 0.1) is 17.5 Å². The van der Waals surface area contributed by atoms with E-state index < -0.39 is 0 Å². The van der Waals surface area contributed by atoms with Crippen molar-refractivity contribution in [3.63, 3.8) is 0 Å². The van der Waals surface area contributed by atoms with Gasteiger partial charge in [-0.05, 0) is 29.7 Å². The molecule has 3 aromatic rings. The van der Waals surface area contributed by atoms with Crippen molar-refractivity contribution >= 4 is 17.5 Å². The molecule has 4 rings (SSSR count). The Balaban J connectivity index is 1.45. The quantitative estimate of drug-likeness (QED) is 0.706. The summed E-state index contributed by atoms with van der Waals surface area (Å²) in [4.78, 5) is 26.6. The van der Waals surface area contributed by atoms with Gasteiger partial charge in [-0.3, -0.25) is 14.3 Å². The van der Waals surface area contributed by atoms with E-state index in [2.05, 4.69) is 10.4 Å². The van der Waals surface area contributed by atoms with E-state index in [4.69, 9.17) is 0 Å². The van der Waals surface area contributed by atoms with Crippen LogP contribution in [0.4, 0.5) is 5.69 Å². The number of aromatic nitrogens is 2. The van der Waals surface area contributed by atoms with Crippen molar-refractivity contribution in [2.45, 2.75) is 25.8 Å². The number of anilines is 1. The van der Waals surface area contributed by atoms with E-state index >= 15 is 0 Å². The predicted molar refractivity (Wildman–Crippen MR) is 112 cm³/mol. The van der Waals surface area contributed by atoms with E-state index in [-0.39, 0.29) is 11.8 Å². The summed E-state index contributed by atoms with van der Waals surface area (Å²) in [6.07, 6.45) is 3.76. The zero-order valence-electron chi connectivity index (χ0n) is 16.5. The molecule has 148 valence electrons. The molecule has 6 nitrogen and oxygen atoms in total. The summed E-state index contributed by atoms with van der Waals surface area (Å²) in [5.74, 6) is 0.0128. The van der Waals surface area contributed by atoms with Crippen LogP contribution in [0, 0.1) is 0 Å². The Hall–Kier alpha value is -3.41. The molecule has 0 spiro atoms. The molecule has 0 unspecified atom stereocenters. The molecule has 29 heavy (non-hydrogen) atoms. The molecule has 1 aliphatic rings. The Bertz CT molecular complexity index is 1030. The van der Waals surface area contributed by atoms with E-state index in [9.17, 15) is 9.59 Å². The van der Waals surface area contributed by atoms with E-state index in [1.807, 2.05) is 66.5 Å². The van der Waals surface area contributed by atoms with Gasteiger partial charge in [-0.1, -0.05) is 42.5 Å². The monoisotopic (exact) mass is 388 g/mol. The highest BCUT2D eigenvalue weighted by molar-refractivity contribution is 5.96. The summed E-state index contributed by atoms with van der Waals surface area (Å²) in [7, 11) is 1.85. The molecule has 2 heterocycles. The Morgan fingerprint density at radius 2 is 1.90 bits per heavy atom. The second kappa shape index (κ2) is 8.31. The van der Waals surface area contributed by atoms with Gasteiger partial charge in [0.2, 0.25) is 5.91 Å². The van der Waals surface area contributed by atoms with Gasteiger partial charge < -0.3 is 10.2 Å². The zero-order valence-corrected chi connectivity index (χ0v) is 16.5. The lowest BCUT2D eigenvalue weighted by atomic mass is 10.1. The van der Waals surface area contributed by atoms with Crippen LogP contribution in [-0.2, 0) is 24.8 Å². The van der Waals surface area contributed by atoms with Crippen LogP contribution >= 0.6 is 0 Å². The molecule has 0 atom stereocenters. The molecule has 0 aliphatic carbocycles. The van der Waals surface area contributed by atoms with E-state index in [0.717, 1.165) is 35.5 Å². The maximum atomic E-state index is 12.8. The van der Waals surface area contributed by atoms with Gasteiger partial charge in [0.15, 0.2) is 0 Å². The molecular formula is C23H24N4O2. The number of carbonyl (C=O) groups is 2. The molecule has 0 bridgehead atoms. The number of amides is 2. The molecule has 1 fully saturated rings. The Kier molecular flexibility index (Phi) is 5.42. The largest absolute Gasteiger partial charge is 0.348 e. The minimum Gasteiger partial charge on any atom is -0.348 e. The summed E-state index contributed by atoms with van der Waals surface area (Å²) in [5.41, 5.74) is 4.45. The van der Waals surface area contributed by atoms with Gasteiger partial charge in [-0.15, -0.1) is 0 Å². The van der Waals surface area contributed by atoms with Crippen molar-refractivity contribution in [3.05, 3.63) is 83.2 Å². The Morgan fingerprint density at radius 1 is 1.10 bits per heavy atom. The van der Waals surface area contributed by atoms with Crippen LogP contribution in [0.3, 0.4) is 0 Å². The fourth-order valence-corrected chi connectivity index (χ4v) is 3.68. The van der Waals surface area contributed by atoms with Gasteiger partial charge in [-0.25, -0.2) is 0 Å². The van der Waals surface area contributed by atoms with Crippen molar-refractivity contribution in [2.24, 2.45) is 7.05 Å². The number of hydrogen-bond donors (Lipinski definition) is 1. The summed E-state index contributed by atoms with van der Waals surface area (Å²) >= 11 is 0. The van der Waals surface area contributed by atoms with Crippen molar-refractivity contribution < 1.29 is 9.59 Å². The van der Waals surface area contributed by atoms with Crippen LogP contribution in [0.5, 0.6) is 0 Å². The lowest BCUT2D eigenvalue weighted by Crippen LogP contribution is -2.25. The molecule has 1 aliphatic heterocycles. The summed E-state index contributed by atoms with van der Waals surface area (Å²) in [6.45, 7) is 1.15. The normalized spacial score (nSPS) is 13.7. The first kappa shape index (κ1) is 18.9. The molecule has 1 N–H and O–H groups in total. The fraction of sp³-hybridized carbons (Fsp3) is 0.261. The topological polar surface area (TPSA) is 67.2 Å². The molecule has 2 amide bonds. The maximum absolute atomic E-state index is 12.8. The third-order valence-corrected chi connectivity index (χ3v) is 5.27. The number of nitrogens with zero attached hydrogens (tertiary/aromatic N) is 3. The van der Waals surface area contributed by atoms with E-state index in [1.54, 1.807) is 10.9 Å². The molecule has 1 aromatic heterocycles. The smallest absolute Gasteiger partial charge is 0.255 e. The van der Waals surface area contributed by atoms with Crippen LogP contribution in [-0.4, -0.2) is 28.1 Å². The minimum absolute atomic E-state index is 0.147. The fourth-order valence-electron chi connectivity index (χ4n) is 3.68. The standard InChI is InChI=1S/C23H24N4O2/c1-26-21(14-17-7-3-2-4-8-17)20(16-25-26)23(29)24-15-18-9-5-10-19(13-18)27-12-6-11-22(27)28/h2-5,7-10,13,16H,6,11-12,14-15H2,1H3,(H,24,29). The van der Waals surface area contributed by atoms with E-state index in [1.165, 1.54) is 0 Å². The van der Waals surface area contributed by atoms with Gasteiger partial charge in [-0.2, -0.15) is 5.10 Å². The molecule has 0 saturated carbocycles. The maximum Gasteiger partial charge on any atom is 0.255 e. The number of aryl methyl sites for hydroxylation is 1. The van der Waals surface area contributed by atoms with Crippen molar-refractivity contribution in [3.8, 4) is 0 Å². The van der Waals surface area contributed by atoms with E-state index in [0.29, 0.717) is 24.9 Å². The third-order valence-electron chi connectivity index (χ3n) is 5.27. The second-order valence-corrected chi connectivity index (χ2v) is 7.29. The molecule has 1 saturated heterocycles.